The summed E-state index contributed by atoms with van der Waals surface area (Å²) in [5, 5.41) is 28.0. The highest BCUT2D eigenvalue weighted by atomic mass is 16.6. The minimum Gasteiger partial charge on any atom is -0.390 e. The molecule has 12 heavy (non-hydrogen) atoms. The molecule has 0 radical (unpaired) electrons. The van der Waals surface area contributed by atoms with E-state index in [-0.39, 0.29) is 12.0 Å². The molecule has 0 bridgehead atoms. The summed E-state index contributed by atoms with van der Waals surface area (Å²) < 4.78 is 4.99. The van der Waals surface area contributed by atoms with Crippen LogP contribution in [0.1, 0.15) is 20.3 Å². The molecule has 1 heterocycles. The first-order valence-corrected chi connectivity index (χ1v) is 4.27. The van der Waals surface area contributed by atoms with Crippen LogP contribution in [0.2, 0.25) is 0 Å². The topological polar surface area (TPSA) is 69.9 Å². The summed E-state index contributed by atoms with van der Waals surface area (Å²) in [6.07, 6.45) is -2.56. The van der Waals surface area contributed by atoms with Gasteiger partial charge in [0.2, 0.25) is 0 Å². The molecule has 0 saturated carbocycles. The van der Waals surface area contributed by atoms with Crippen molar-refractivity contribution in [2.45, 2.75) is 44.9 Å². The van der Waals surface area contributed by atoms with Crippen LogP contribution in [-0.4, -0.2) is 39.9 Å². The quantitative estimate of drug-likeness (QED) is 0.502. The van der Waals surface area contributed by atoms with Gasteiger partial charge in [0.15, 0.2) is 6.29 Å². The van der Waals surface area contributed by atoms with Gasteiger partial charge in [-0.25, -0.2) is 0 Å². The molecule has 5 atom stereocenters. The molecular formula is C8H16O4. The van der Waals surface area contributed by atoms with Gasteiger partial charge in [0, 0.05) is 5.92 Å². The van der Waals surface area contributed by atoms with Crippen molar-refractivity contribution in [1.82, 2.24) is 0 Å². The van der Waals surface area contributed by atoms with Crippen LogP contribution in [0.25, 0.3) is 0 Å². The molecule has 0 spiro atoms. The Morgan fingerprint density at radius 2 is 1.75 bits per heavy atom. The van der Waals surface area contributed by atoms with Crippen LogP contribution in [0, 0.1) is 5.92 Å². The Labute approximate surface area is 71.8 Å². The van der Waals surface area contributed by atoms with Crippen molar-refractivity contribution in [2.75, 3.05) is 0 Å². The average Bonchev–Trinajstić information content (AvgIpc) is 2.08. The molecule has 1 aliphatic heterocycles. The van der Waals surface area contributed by atoms with Gasteiger partial charge in [0.05, 0.1) is 12.2 Å². The molecule has 0 aromatic carbocycles. The van der Waals surface area contributed by atoms with E-state index in [0.717, 1.165) is 0 Å². The van der Waals surface area contributed by atoms with Crippen LogP contribution >= 0.6 is 0 Å². The number of hydrogen-bond donors (Lipinski definition) is 3. The van der Waals surface area contributed by atoms with Crippen molar-refractivity contribution >= 4 is 0 Å². The van der Waals surface area contributed by atoms with Crippen LogP contribution in [0.15, 0.2) is 0 Å². The number of aliphatic hydroxyl groups is 3. The zero-order valence-electron chi connectivity index (χ0n) is 7.34. The van der Waals surface area contributed by atoms with Gasteiger partial charge in [-0.15, -0.1) is 0 Å². The summed E-state index contributed by atoms with van der Waals surface area (Å²) in [4.78, 5) is 0. The molecule has 0 aromatic rings. The van der Waals surface area contributed by atoms with Gasteiger partial charge in [-0.1, -0.05) is 13.8 Å². The molecule has 0 aliphatic carbocycles. The Morgan fingerprint density at radius 1 is 1.17 bits per heavy atom. The summed E-state index contributed by atoms with van der Waals surface area (Å²) in [5.41, 5.74) is 0. The average molecular weight is 176 g/mol. The molecule has 4 nitrogen and oxygen atoms in total. The smallest absolute Gasteiger partial charge is 0.181 e. The van der Waals surface area contributed by atoms with Crippen molar-refractivity contribution in [1.29, 1.82) is 0 Å². The van der Waals surface area contributed by atoms with Crippen molar-refractivity contribution < 1.29 is 20.1 Å². The van der Waals surface area contributed by atoms with Gasteiger partial charge >= 0.3 is 0 Å². The molecule has 0 aromatic heterocycles. The van der Waals surface area contributed by atoms with Crippen molar-refractivity contribution in [3.63, 3.8) is 0 Å². The second-order valence-corrected chi connectivity index (χ2v) is 3.31. The van der Waals surface area contributed by atoms with Crippen LogP contribution in [0.4, 0.5) is 0 Å². The number of ether oxygens (including phenoxy) is 1. The molecule has 4 heteroatoms. The molecule has 0 amide bonds. The lowest BCUT2D eigenvalue weighted by molar-refractivity contribution is -0.265. The summed E-state index contributed by atoms with van der Waals surface area (Å²) in [6.45, 7) is 3.56. The minimum atomic E-state index is -1.16. The maximum Gasteiger partial charge on any atom is 0.181 e. The zero-order chi connectivity index (χ0) is 9.30. The lowest BCUT2D eigenvalue weighted by Crippen LogP contribution is -2.52. The van der Waals surface area contributed by atoms with Gasteiger partial charge in [0.25, 0.3) is 0 Å². The van der Waals surface area contributed by atoms with Crippen LogP contribution in [0.3, 0.4) is 0 Å². The van der Waals surface area contributed by atoms with E-state index in [1.165, 1.54) is 0 Å². The van der Waals surface area contributed by atoms with Crippen LogP contribution in [-0.2, 0) is 4.74 Å². The highest BCUT2D eigenvalue weighted by molar-refractivity contribution is 4.85. The Bertz CT molecular complexity index is 145. The maximum atomic E-state index is 9.53. The fourth-order valence-electron chi connectivity index (χ4n) is 1.48. The first-order valence-electron chi connectivity index (χ1n) is 4.27. The predicted octanol–water partition coefficient (Wildman–Crippen LogP) is -0.529. The largest absolute Gasteiger partial charge is 0.390 e. The van der Waals surface area contributed by atoms with Crippen LogP contribution in [0.5, 0.6) is 0 Å². The van der Waals surface area contributed by atoms with Gasteiger partial charge in [-0.2, -0.15) is 0 Å². The van der Waals surface area contributed by atoms with E-state index in [4.69, 9.17) is 4.74 Å². The number of aliphatic hydroxyl groups excluding tert-OH is 3. The monoisotopic (exact) mass is 176 g/mol. The molecule has 1 fully saturated rings. The van der Waals surface area contributed by atoms with Crippen LogP contribution < -0.4 is 0 Å². The second kappa shape index (κ2) is 3.70. The standard InChI is InChI=1S/C8H16O4/c1-3-5-6(9)4(2)7(10)8(11)12-5/h4-11H,3H2,1-2H3/t4-,5?,6-,7?,8?/m0/s1. The number of hydrogen-bond acceptors (Lipinski definition) is 4. The highest BCUT2D eigenvalue weighted by Gasteiger charge is 2.40. The lowest BCUT2D eigenvalue weighted by atomic mass is 9.90. The summed E-state index contributed by atoms with van der Waals surface area (Å²) in [5.74, 6) is -0.335. The molecule has 3 unspecified atom stereocenters. The molecular weight excluding hydrogens is 160 g/mol. The van der Waals surface area contributed by atoms with Gasteiger partial charge < -0.3 is 20.1 Å². The SMILES string of the molecule is CCC1OC(O)C(O)[C@@H](C)[C@@H]1O. The first kappa shape index (κ1) is 9.92. The Hall–Kier alpha value is -0.160. The summed E-state index contributed by atoms with van der Waals surface area (Å²) in [7, 11) is 0. The maximum absolute atomic E-state index is 9.53. The van der Waals surface area contributed by atoms with E-state index in [1.807, 2.05) is 6.92 Å². The molecule has 1 saturated heterocycles. The second-order valence-electron chi connectivity index (χ2n) is 3.31. The van der Waals surface area contributed by atoms with Crippen molar-refractivity contribution in [2.24, 2.45) is 5.92 Å². The Balaban J connectivity index is 2.63. The van der Waals surface area contributed by atoms with Crippen molar-refractivity contribution in [3.05, 3.63) is 0 Å². The highest BCUT2D eigenvalue weighted by Crippen LogP contribution is 2.25. The third kappa shape index (κ3) is 1.61. The Morgan fingerprint density at radius 3 is 2.25 bits per heavy atom. The molecule has 1 aliphatic rings. The Kier molecular flexibility index (Phi) is 3.06. The van der Waals surface area contributed by atoms with Gasteiger partial charge in [-0.05, 0) is 6.42 Å². The third-order valence-corrected chi connectivity index (χ3v) is 2.47. The van der Waals surface area contributed by atoms with E-state index < -0.39 is 18.5 Å². The van der Waals surface area contributed by atoms with Gasteiger partial charge in [0.1, 0.15) is 6.10 Å². The van der Waals surface area contributed by atoms with E-state index in [9.17, 15) is 15.3 Å². The van der Waals surface area contributed by atoms with E-state index in [1.54, 1.807) is 6.92 Å². The van der Waals surface area contributed by atoms with Gasteiger partial charge in [-0.3, -0.25) is 0 Å². The van der Waals surface area contributed by atoms with E-state index in [2.05, 4.69) is 0 Å². The fourth-order valence-corrected chi connectivity index (χ4v) is 1.48. The molecule has 3 N–H and O–H groups in total. The lowest BCUT2D eigenvalue weighted by Gasteiger charge is -2.39. The summed E-state index contributed by atoms with van der Waals surface area (Å²) in [6, 6.07) is 0. The van der Waals surface area contributed by atoms with E-state index in [0.29, 0.717) is 6.42 Å². The fraction of sp³-hybridized carbons (Fsp3) is 1.00. The molecule has 72 valence electrons. The van der Waals surface area contributed by atoms with E-state index >= 15 is 0 Å². The minimum absolute atomic E-state index is 0.335. The first-order chi connectivity index (χ1) is 5.57. The normalized spacial score (nSPS) is 49.2. The van der Waals surface area contributed by atoms with Crippen molar-refractivity contribution in [3.8, 4) is 0 Å². The zero-order valence-corrected chi connectivity index (χ0v) is 7.34. The summed E-state index contributed by atoms with van der Waals surface area (Å²) >= 11 is 0. The predicted molar refractivity (Wildman–Crippen MR) is 42.3 cm³/mol. The number of rotatable bonds is 1. The molecule has 1 rings (SSSR count). The third-order valence-electron chi connectivity index (χ3n) is 2.47.